The molecule has 1 fully saturated rings. The summed E-state index contributed by atoms with van der Waals surface area (Å²) in [5, 5.41) is 17.4. The Kier molecular flexibility index (Phi) is 7.37. The molecule has 2 heterocycles. The van der Waals surface area contributed by atoms with Gasteiger partial charge in [-0.25, -0.2) is 0 Å². The Bertz CT molecular complexity index is 1320. The van der Waals surface area contributed by atoms with Crippen LogP contribution in [-0.2, 0) is 22.4 Å². The van der Waals surface area contributed by atoms with Crippen LogP contribution in [0, 0.1) is 6.92 Å². The van der Waals surface area contributed by atoms with Crippen molar-refractivity contribution < 1.29 is 24.2 Å². The summed E-state index contributed by atoms with van der Waals surface area (Å²) in [4.78, 5) is 28.8. The van der Waals surface area contributed by atoms with Crippen LogP contribution in [0.15, 0.2) is 48.5 Å². The zero-order valence-electron chi connectivity index (χ0n) is 22.0. The number of amides is 2. The van der Waals surface area contributed by atoms with Crippen molar-refractivity contribution in [2.75, 3.05) is 25.3 Å². The molecule has 2 amide bonds. The van der Waals surface area contributed by atoms with Crippen LogP contribution < -0.4 is 19.7 Å². The summed E-state index contributed by atoms with van der Waals surface area (Å²) >= 11 is 0. The fourth-order valence-electron chi connectivity index (χ4n) is 4.97. The van der Waals surface area contributed by atoms with Crippen LogP contribution in [-0.4, -0.2) is 53.2 Å². The number of hydrogen-bond acceptors (Lipinski definition) is 6. The van der Waals surface area contributed by atoms with Crippen molar-refractivity contribution in [3.8, 4) is 11.5 Å². The minimum atomic E-state index is -0.793. The Morgan fingerprint density at radius 1 is 1.16 bits per heavy atom. The molecule has 0 bridgehead atoms. The fraction of sp³-hybridized carbons (Fsp3) is 0.414. The molecule has 1 saturated carbocycles. The normalized spacial score (nSPS) is 15.7. The van der Waals surface area contributed by atoms with Gasteiger partial charge in [-0.2, -0.15) is 5.10 Å². The quantitative estimate of drug-likeness (QED) is 0.427. The van der Waals surface area contributed by atoms with Crippen LogP contribution in [0.25, 0.3) is 0 Å². The van der Waals surface area contributed by atoms with E-state index in [0.717, 1.165) is 35.4 Å². The average molecular weight is 519 g/mol. The van der Waals surface area contributed by atoms with Gasteiger partial charge in [0.05, 0.1) is 5.69 Å². The van der Waals surface area contributed by atoms with E-state index in [1.165, 1.54) is 4.90 Å². The highest BCUT2D eigenvalue weighted by Gasteiger charge is 2.33. The number of anilines is 1. The van der Waals surface area contributed by atoms with E-state index in [0.29, 0.717) is 35.9 Å². The number of nitrogens with one attached hydrogen (secondary N) is 1. The highest BCUT2D eigenvalue weighted by Crippen LogP contribution is 2.42. The van der Waals surface area contributed by atoms with E-state index in [1.54, 1.807) is 36.9 Å². The molecule has 2 N–H and O–H groups in total. The average Bonchev–Trinajstić information content (AvgIpc) is 3.58. The van der Waals surface area contributed by atoms with Gasteiger partial charge >= 0.3 is 0 Å². The van der Waals surface area contributed by atoms with Crippen LogP contribution in [0.5, 0.6) is 11.5 Å². The van der Waals surface area contributed by atoms with Gasteiger partial charge in [-0.3, -0.25) is 14.3 Å². The molecule has 3 aromatic rings. The van der Waals surface area contributed by atoms with E-state index in [1.807, 2.05) is 37.3 Å². The van der Waals surface area contributed by atoms with Crippen molar-refractivity contribution in [2.24, 2.45) is 0 Å². The first-order chi connectivity index (χ1) is 18.4. The zero-order valence-corrected chi connectivity index (χ0v) is 22.0. The van der Waals surface area contributed by atoms with Crippen LogP contribution in [0.1, 0.15) is 54.2 Å². The van der Waals surface area contributed by atoms with Crippen molar-refractivity contribution in [3.63, 3.8) is 0 Å². The van der Waals surface area contributed by atoms with Gasteiger partial charge in [0.2, 0.25) is 18.6 Å². The monoisotopic (exact) mass is 518 g/mol. The molecule has 9 heteroatoms. The molecule has 2 atom stereocenters. The van der Waals surface area contributed by atoms with Crippen molar-refractivity contribution in [1.29, 1.82) is 0 Å². The lowest BCUT2D eigenvalue weighted by molar-refractivity contribution is -0.129. The molecule has 1 aromatic heterocycles. The second kappa shape index (κ2) is 10.9. The van der Waals surface area contributed by atoms with E-state index in [-0.39, 0.29) is 25.2 Å². The number of rotatable bonds is 10. The topological polar surface area (TPSA) is 106 Å². The van der Waals surface area contributed by atoms with Gasteiger partial charge in [0.25, 0.3) is 0 Å². The first kappa shape index (κ1) is 25.8. The molecule has 0 spiro atoms. The van der Waals surface area contributed by atoms with E-state index in [2.05, 4.69) is 5.32 Å². The molecule has 1 unspecified atom stereocenters. The van der Waals surface area contributed by atoms with E-state index in [4.69, 9.17) is 14.6 Å². The molecule has 0 radical (unpaired) electrons. The number of aliphatic hydroxyl groups excluding tert-OH is 1. The number of aromatic nitrogens is 2. The van der Waals surface area contributed by atoms with Crippen LogP contribution >= 0.6 is 0 Å². The first-order valence-electron chi connectivity index (χ1n) is 13.1. The lowest BCUT2D eigenvalue weighted by Crippen LogP contribution is -2.50. The number of benzene rings is 2. The summed E-state index contributed by atoms with van der Waals surface area (Å²) in [6.07, 6.45) is 3.01. The number of fused-ring (bicyclic) bond motifs is 1. The Labute approximate surface area is 222 Å². The lowest BCUT2D eigenvalue weighted by atomic mass is 10.0. The summed E-state index contributed by atoms with van der Waals surface area (Å²) in [6, 6.07) is 13.5. The largest absolute Gasteiger partial charge is 0.454 e. The molecule has 38 heavy (non-hydrogen) atoms. The van der Waals surface area contributed by atoms with E-state index in [9.17, 15) is 14.7 Å². The van der Waals surface area contributed by atoms with Gasteiger partial charge < -0.3 is 24.8 Å². The second-order valence-corrected chi connectivity index (χ2v) is 10.0. The predicted molar refractivity (Wildman–Crippen MR) is 142 cm³/mol. The molecule has 2 aliphatic rings. The van der Waals surface area contributed by atoms with Gasteiger partial charge in [-0.05, 0) is 56.4 Å². The van der Waals surface area contributed by atoms with Gasteiger partial charge in [0, 0.05) is 43.4 Å². The standard InChI is InChI=1S/C29H34N4O5/c1-18-23(13-14-34)27(21-9-10-21)31-33(18)19(2)28(35)30-24(15-20-7-5-4-6-8-20)29(36)32(3)22-11-12-25-26(16-22)38-17-37-25/h4-8,11-12,16,19,21,24,34H,9-10,13-15,17H2,1-3H3,(H,30,35)/t19?,24-/m0/s1. The predicted octanol–water partition coefficient (Wildman–Crippen LogP) is 3.28. The van der Waals surface area contributed by atoms with Crippen LogP contribution in [0.3, 0.4) is 0 Å². The van der Waals surface area contributed by atoms with Gasteiger partial charge in [0.1, 0.15) is 12.1 Å². The molecule has 2 aromatic carbocycles. The molecule has 1 aliphatic carbocycles. The Morgan fingerprint density at radius 2 is 1.89 bits per heavy atom. The SMILES string of the molecule is Cc1c(CCO)c(C2CC2)nn1C(C)C(=O)N[C@@H](Cc1ccccc1)C(=O)N(C)c1ccc2c(c1)OCO2. The number of aliphatic hydroxyl groups is 1. The molecular formula is C29H34N4O5. The van der Waals surface area contributed by atoms with Crippen molar-refractivity contribution in [2.45, 2.75) is 57.5 Å². The maximum Gasteiger partial charge on any atom is 0.249 e. The zero-order chi connectivity index (χ0) is 26.8. The Morgan fingerprint density at radius 3 is 2.61 bits per heavy atom. The Hall–Kier alpha value is -3.85. The summed E-state index contributed by atoms with van der Waals surface area (Å²) in [6.45, 7) is 3.91. The molecule has 1 aliphatic heterocycles. The number of nitrogens with zero attached hydrogens (tertiary/aromatic N) is 3. The minimum Gasteiger partial charge on any atom is -0.454 e. The fourth-order valence-corrected chi connectivity index (χ4v) is 4.97. The van der Waals surface area contributed by atoms with Crippen molar-refractivity contribution in [1.82, 2.24) is 15.1 Å². The Balaban J connectivity index is 1.38. The van der Waals surface area contributed by atoms with Gasteiger partial charge in [-0.1, -0.05) is 30.3 Å². The van der Waals surface area contributed by atoms with E-state index >= 15 is 0 Å². The summed E-state index contributed by atoms with van der Waals surface area (Å²) in [5.74, 6) is 1.08. The highest BCUT2D eigenvalue weighted by atomic mass is 16.7. The molecule has 200 valence electrons. The van der Waals surface area contributed by atoms with Crippen LogP contribution in [0.2, 0.25) is 0 Å². The van der Waals surface area contributed by atoms with Gasteiger partial charge in [-0.15, -0.1) is 0 Å². The number of hydrogen-bond donors (Lipinski definition) is 2. The lowest BCUT2D eigenvalue weighted by Gasteiger charge is -2.26. The minimum absolute atomic E-state index is 0.0344. The summed E-state index contributed by atoms with van der Waals surface area (Å²) in [7, 11) is 1.69. The smallest absolute Gasteiger partial charge is 0.249 e. The van der Waals surface area contributed by atoms with Crippen LogP contribution in [0.4, 0.5) is 5.69 Å². The van der Waals surface area contributed by atoms with Crippen molar-refractivity contribution in [3.05, 3.63) is 71.0 Å². The number of ether oxygens (including phenoxy) is 2. The maximum absolute atomic E-state index is 13.7. The van der Waals surface area contributed by atoms with Crippen molar-refractivity contribution >= 4 is 17.5 Å². The van der Waals surface area contributed by atoms with Gasteiger partial charge in [0.15, 0.2) is 11.5 Å². The maximum atomic E-state index is 13.7. The third-order valence-electron chi connectivity index (χ3n) is 7.35. The molecule has 9 nitrogen and oxygen atoms in total. The number of carbonyl (C=O) groups excluding carboxylic acids is 2. The summed E-state index contributed by atoms with van der Waals surface area (Å²) < 4.78 is 12.6. The second-order valence-electron chi connectivity index (χ2n) is 10.0. The number of likely N-dealkylation sites (N-methyl/N-ethyl adjacent to an activating group) is 1. The first-order valence-corrected chi connectivity index (χ1v) is 13.1. The number of carbonyl (C=O) groups is 2. The van der Waals surface area contributed by atoms with E-state index < -0.39 is 12.1 Å². The molecule has 0 saturated heterocycles. The summed E-state index contributed by atoms with van der Waals surface area (Å²) in [5.41, 5.74) is 4.47. The highest BCUT2D eigenvalue weighted by molar-refractivity contribution is 5.99. The molecular weight excluding hydrogens is 484 g/mol. The molecule has 5 rings (SSSR count). The third-order valence-corrected chi connectivity index (χ3v) is 7.35. The third kappa shape index (κ3) is 5.24.